The highest BCUT2D eigenvalue weighted by atomic mass is 16.6. The molecule has 1 aliphatic rings. The predicted molar refractivity (Wildman–Crippen MR) is 95.6 cm³/mol. The fraction of sp³-hybridized carbons (Fsp3) is 0.632. The molecule has 0 N–H and O–H groups in total. The van der Waals surface area contributed by atoms with E-state index in [-0.39, 0.29) is 17.9 Å². The second kappa shape index (κ2) is 6.32. The summed E-state index contributed by atoms with van der Waals surface area (Å²) in [6, 6.07) is 3.54. The summed E-state index contributed by atoms with van der Waals surface area (Å²) < 4.78 is 10.6. The van der Waals surface area contributed by atoms with Crippen LogP contribution in [0.15, 0.2) is 18.3 Å². The molecule has 138 valence electrons. The number of methoxy groups -OCH3 is 1. The van der Waals surface area contributed by atoms with Gasteiger partial charge in [-0.2, -0.15) is 0 Å². The monoisotopic (exact) mass is 348 g/mol. The van der Waals surface area contributed by atoms with E-state index in [9.17, 15) is 9.59 Å². The molecule has 0 saturated heterocycles. The van der Waals surface area contributed by atoms with Gasteiger partial charge in [0.1, 0.15) is 11.0 Å². The van der Waals surface area contributed by atoms with E-state index in [0.717, 1.165) is 0 Å². The number of fused-ring (bicyclic) bond motifs is 1. The number of carbonyl (C=O) groups is 2. The fourth-order valence-corrected chi connectivity index (χ4v) is 3.37. The van der Waals surface area contributed by atoms with E-state index in [4.69, 9.17) is 9.47 Å². The van der Waals surface area contributed by atoms with Crippen LogP contribution >= 0.6 is 0 Å². The van der Waals surface area contributed by atoms with Gasteiger partial charge in [-0.1, -0.05) is 20.8 Å². The van der Waals surface area contributed by atoms with Crippen LogP contribution in [0.1, 0.15) is 53.7 Å². The first-order valence-electron chi connectivity index (χ1n) is 8.44. The molecule has 1 amide bonds. The van der Waals surface area contributed by atoms with Crippen molar-refractivity contribution in [3.05, 3.63) is 24.0 Å². The van der Waals surface area contributed by atoms with Crippen LogP contribution in [0.5, 0.6) is 0 Å². The van der Waals surface area contributed by atoms with Gasteiger partial charge in [0.2, 0.25) is 0 Å². The molecule has 1 atom stereocenters. The van der Waals surface area contributed by atoms with Crippen LogP contribution in [0.4, 0.5) is 10.5 Å². The van der Waals surface area contributed by atoms with Gasteiger partial charge >= 0.3 is 12.1 Å². The number of rotatable bonds is 2. The van der Waals surface area contributed by atoms with Crippen molar-refractivity contribution in [1.82, 2.24) is 4.98 Å². The molecule has 0 aliphatic carbocycles. The smallest absolute Gasteiger partial charge is 0.414 e. The molecule has 6 heteroatoms. The first kappa shape index (κ1) is 19.2. The minimum absolute atomic E-state index is 0.160. The maximum atomic E-state index is 12.8. The first-order valence-corrected chi connectivity index (χ1v) is 8.44. The molecule has 1 unspecified atom stereocenters. The van der Waals surface area contributed by atoms with Crippen LogP contribution < -0.4 is 4.90 Å². The maximum absolute atomic E-state index is 12.8. The highest BCUT2D eigenvalue weighted by Gasteiger charge is 2.54. The molecule has 2 rings (SSSR count). The molecular weight excluding hydrogens is 320 g/mol. The molecule has 0 radical (unpaired) electrons. The Morgan fingerprint density at radius 3 is 2.40 bits per heavy atom. The van der Waals surface area contributed by atoms with Crippen molar-refractivity contribution >= 4 is 17.7 Å². The summed E-state index contributed by atoms with van der Waals surface area (Å²) in [5.41, 5.74) is -0.609. The number of anilines is 1. The lowest BCUT2D eigenvalue weighted by atomic mass is 9.72. The van der Waals surface area contributed by atoms with Crippen LogP contribution in [0, 0.1) is 5.41 Å². The minimum atomic E-state index is -1.000. The molecule has 0 bridgehead atoms. The SMILES string of the molecule is COC(=O)C1(CC(C)(C)C)CN(C(=O)OC(C)(C)C)c2cccnc21. The number of nitrogens with zero attached hydrogens (tertiary/aromatic N) is 2. The van der Waals surface area contributed by atoms with Crippen LogP contribution in [-0.4, -0.2) is 36.3 Å². The summed E-state index contributed by atoms with van der Waals surface area (Å²) in [6.07, 6.45) is 1.66. The zero-order valence-corrected chi connectivity index (χ0v) is 16.2. The number of hydrogen-bond acceptors (Lipinski definition) is 5. The molecule has 0 fully saturated rings. The summed E-state index contributed by atoms with van der Waals surface area (Å²) in [4.78, 5) is 31.4. The van der Waals surface area contributed by atoms with E-state index < -0.39 is 17.1 Å². The molecule has 0 saturated carbocycles. The van der Waals surface area contributed by atoms with Gasteiger partial charge in [0.25, 0.3) is 0 Å². The number of esters is 1. The highest BCUT2D eigenvalue weighted by molar-refractivity contribution is 5.97. The standard InChI is InChI=1S/C19H28N2O4/c1-17(2,3)11-19(15(22)24-7)12-21(16(23)25-18(4,5)6)13-9-8-10-20-14(13)19/h8-10H,11-12H2,1-7H3. The number of amides is 1. The van der Waals surface area contributed by atoms with Gasteiger partial charge in [0.15, 0.2) is 0 Å². The Labute approximate surface area is 149 Å². The number of hydrogen-bond donors (Lipinski definition) is 0. The van der Waals surface area contributed by atoms with Crippen molar-refractivity contribution in [3.8, 4) is 0 Å². The maximum Gasteiger partial charge on any atom is 0.414 e. The van der Waals surface area contributed by atoms with Gasteiger partial charge in [-0.3, -0.25) is 14.7 Å². The quantitative estimate of drug-likeness (QED) is 0.763. The predicted octanol–water partition coefficient (Wildman–Crippen LogP) is 3.68. The Morgan fingerprint density at radius 1 is 1.24 bits per heavy atom. The summed E-state index contributed by atoms with van der Waals surface area (Å²) >= 11 is 0. The average Bonchev–Trinajstić information content (AvgIpc) is 2.79. The molecule has 2 heterocycles. The molecule has 25 heavy (non-hydrogen) atoms. The summed E-state index contributed by atoms with van der Waals surface area (Å²) in [5.74, 6) is -0.381. The fourth-order valence-electron chi connectivity index (χ4n) is 3.37. The number of pyridine rings is 1. The largest absolute Gasteiger partial charge is 0.468 e. The minimum Gasteiger partial charge on any atom is -0.468 e. The molecule has 1 aromatic rings. The normalized spacial score (nSPS) is 20.2. The Kier molecular flexibility index (Phi) is 4.86. The van der Waals surface area contributed by atoms with E-state index in [0.29, 0.717) is 17.8 Å². The van der Waals surface area contributed by atoms with Gasteiger partial charge in [-0.05, 0) is 44.7 Å². The number of aromatic nitrogens is 1. The summed E-state index contributed by atoms with van der Waals surface area (Å²) in [6.45, 7) is 11.8. The van der Waals surface area contributed by atoms with E-state index in [1.165, 1.54) is 12.0 Å². The summed E-state index contributed by atoms with van der Waals surface area (Å²) in [7, 11) is 1.37. The third kappa shape index (κ3) is 3.94. The van der Waals surface area contributed by atoms with Gasteiger partial charge < -0.3 is 9.47 Å². The van der Waals surface area contributed by atoms with Crippen molar-refractivity contribution in [2.75, 3.05) is 18.6 Å². The van der Waals surface area contributed by atoms with E-state index in [1.807, 2.05) is 20.8 Å². The Morgan fingerprint density at radius 2 is 1.88 bits per heavy atom. The van der Waals surface area contributed by atoms with Crippen molar-refractivity contribution in [3.63, 3.8) is 0 Å². The zero-order valence-electron chi connectivity index (χ0n) is 16.2. The topological polar surface area (TPSA) is 68.7 Å². The molecule has 0 aromatic carbocycles. The highest BCUT2D eigenvalue weighted by Crippen LogP contribution is 2.47. The summed E-state index contributed by atoms with van der Waals surface area (Å²) in [5, 5.41) is 0. The van der Waals surface area contributed by atoms with Crippen molar-refractivity contribution in [2.24, 2.45) is 5.41 Å². The lowest BCUT2D eigenvalue weighted by Crippen LogP contribution is -2.46. The third-order valence-corrected chi connectivity index (χ3v) is 3.98. The van der Waals surface area contributed by atoms with Crippen molar-refractivity contribution in [1.29, 1.82) is 0 Å². The molecular formula is C19H28N2O4. The van der Waals surface area contributed by atoms with Gasteiger partial charge in [0, 0.05) is 6.20 Å². The Bertz CT molecular complexity index is 673. The first-order chi connectivity index (χ1) is 11.4. The van der Waals surface area contributed by atoms with Crippen LogP contribution in [0.25, 0.3) is 0 Å². The lowest BCUT2D eigenvalue weighted by molar-refractivity contribution is -0.148. The van der Waals surface area contributed by atoms with Gasteiger partial charge in [-0.25, -0.2) is 4.79 Å². The van der Waals surface area contributed by atoms with E-state index >= 15 is 0 Å². The van der Waals surface area contributed by atoms with Crippen molar-refractivity contribution in [2.45, 2.75) is 59.0 Å². The van der Waals surface area contributed by atoms with Gasteiger partial charge in [-0.15, -0.1) is 0 Å². The third-order valence-electron chi connectivity index (χ3n) is 3.98. The van der Waals surface area contributed by atoms with E-state index in [2.05, 4.69) is 25.8 Å². The molecule has 6 nitrogen and oxygen atoms in total. The number of carbonyl (C=O) groups excluding carboxylic acids is 2. The Hall–Kier alpha value is -2.11. The second-order valence-electron chi connectivity index (χ2n) is 8.75. The number of ether oxygens (including phenoxy) is 2. The van der Waals surface area contributed by atoms with E-state index in [1.54, 1.807) is 18.3 Å². The lowest BCUT2D eigenvalue weighted by Gasteiger charge is -2.33. The van der Waals surface area contributed by atoms with Gasteiger partial charge in [0.05, 0.1) is 25.0 Å². The van der Waals surface area contributed by atoms with Crippen LogP contribution in [0.3, 0.4) is 0 Å². The van der Waals surface area contributed by atoms with Crippen LogP contribution in [0.2, 0.25) is 0 Å². The second-order valence-corrected chi connectivity index (χ2v) is 8.75. The molecule has 1 aliphatic heterocycles. The molecule has 1 aromatic heterocycles. The zero-order chi connectivity index (χ0) is 19.0. The van der Waals surface area contributed by atoms with Crippen molar-refractivity contribution < 1.29 is 19.1 Å². The average molecular weight is 348 g/mol. The van der Waals surface area contributed by atoms with Crippen LogP contribution in [-0.2, 0) is 19.7 Å². The Balaban J connectivity index is 2.53. The molecule has 0 spiro atoms.